The van der Waals surface area contributed by atoms with Crippen molar-refractivity contribution in [1.82, 2.24) is 0 Å². The molecule has 0 heterocycles. The molecule has 0 saturated heterocycles. The molecule has 1 N–H and O–H groups in total. The zero-order valence-corrected chi connectivity index (χ0v) is 35.1. The van der Waals surface area contributed by atoms with E-state index in [9.17, 15) is 19.0 Å². The number of ether oxygens (including phenoxy) is 2. The average Bonchev–Trinajstić information content (AvgIpc) is 3.10. The molecule has 0 rings (SSSR count). The summed E-state index contributed by atoms with van der Waals surface area (Å²) < 4.78 is 34.1. The van der Waals surface area contributed by atoms with Crippen molar-refractivity contribution in [2.45, 2.75) is 155 Å². The fourth-order valence-electron chi connectivity index (χ4n) is 5.05. The number of carbonyl (C=O) groups excluding carboxylic acids is 2. The Morgan fingerprint density at radius 3 is 1.58 bits per heavy atom. The summed E-state index contributed by atoms with van der Waals surface area (Å²) in [5.41, 5.74) is 0. The van der Waals surface area contributed by atoms with Crippen LogP contribution >= 0.6 is 7.82 Å². The van der Waals surface area contributed by atoms with Crippen LogP contribution in [0.4, 0.5) is 0 Å². The molecule has 10 heteroatoms. The normalized spacial score (nSPS) is 14.3. The highest BCUT2D eigenvalue weighted by atomic mass is 31.2. The van der Waals surface area contributed by atoms with Crippen molar-refractivity contribution in [2.75, 3.05) is 47.5 Å². The topological polar surface area (TPSA) is 108 Å². The first-order chi connectivity index (χ1) is 25.5. The molecule has 0 spiro atoms. The third-order valence-corrected chi connectivity index (χ3v) is 9.30. The van der Waals surface area contributed by atoms with Gasteiger partial charge in [0.2, 0.25) is 0 Å². The summed E-state index contributed by atoms with van der Waals surface area (Å²) in [7, 11) is 1.42. The maximum atomic E-state index is 12.6. The lowest BCUT2D eigenvalue weighted by Gasteiger charge is -2.24. The minimum absolute atomic E-state index is 0.0168. The van der Waals surface area contributed by atoms with Gasteiger partial charge < -0.3 is 18.9 Å². The Morgan fingerprint density at radius 2 is 1.06 bits per heavy atom. The summed E-state index contributed by atoms with van der Waals surface area (Å²) in [5, 5.41) is 0. The Bertz CT molecular complexity index is 1090. The maximum Gasteiger partial charge on any atom is 0.472 e. The molecule has 0 aromatic heterocycles. The van der Waals surface area contributed by atoms with E-state index in [0.29, 0.717) is 17.4 Å². The molecule has 0 aliphatic rings. The number of esters is 2. The molecular formula is C43H77NO8P+. The molecule has 0 radical (unpaired) electrons. The lowest BCUT2D eigenvalue weighted by Crippen LogP contribution is -2.37. The fraction of sp³-hybridized carbons (Fsp3) is 0.721. The third kappa shape index (κ3) is 39.2. The Hall–Kier alpha value is -2.29. The van der Waals surface area contributed by atoms with Gasteiger partial charge in [-0.25, -0.2) is 4.57 Å². The molecule has 0 aromatic rings. The van der Waals surface area contributed by atoms with Crippen LogP contribution in [0.2, 0.25) is 0 Å². The maximum absolute atomic E-state index is 12.6. The molecule has 306 valence electrons. The summed E-state index contributed by atoms with van der Waals surface area (Å²) in [4.78, 5) is 35.2. The number of carbonyl (C=O) groups is 2. The first-order valence-electron chi connectivity index (χ1n) is 20.5. The van der Waals surface area contributed by atoms with Crippen molar-refractivity contribution in [3.05, 3.63) is 60.8 Å². The van der Waals surface area contributed by atoms with Crippen LogP contribution in [-0.2, 0) is 32.7 Å². The van der Waals surface area contributed by atoms with Crippen LogP contribution < -0.4 is 0 Å². The van der Waals surface area contributed by atoms with E-state index in [4.69, 9.17) is 18.5 Å². The van der Waals surface area contributed by atoms with Crippen molar-refractivity contribution >= 4 is 19.8 Å². The summed E-state index contributed by atoms with van der Waals surface area (Å²) in [5.74, 6) is -0.901. The quantitative estimate of drug-likeness (QED) is 0.0221. The Morgan fingerprint density at radius 1 is 0.585 bits per heavy atom. The monoisotopic (exact) mass is 767 g/mol. The van der Waals surface area contributed by atoms with Gasteiger partial charge in [-0.2, -0.15) is 0 Å². The summed E-state index contributed by atoms with van der Waals surface area (Å²) >= 11 is 0. The standard InChI is InChI=1S/C43H76NO8P/c1-6-8-10-12-14-16-18-19-20-21-22-23-24-25-26-28-30-32-34-36-43(46)52-41(40-51-53(47,48)50-38-37-44(3,4)5)39-49-42(45)35-33-31-29-27-17-15-13-11-9-7-2/h14,16,19-20,22-23,25-26,30,32,41H,6-13,15,17-18,21,24,27-29,31,33-40H2,1-5H3/p+1/b16-14+,20-19+,23-22+,26-25+,32-30+/t41-/m1/s1. The van der Waals surface area contributed by atoms with E-state index >= 15 is 0 Å². The molecule has 53 heavy (non-hydrogen) atoms. The van der Waals surface area contributed by atoms with E-state index < -0.39 is 32.5 Å². The summed E-state index contributed by atoms with van der Waals surface area (Å²) in [6, 6.07) is 0. The van der Waals surface area contributed by atoms with E-state index in [1.165, 1.54) is 70.6 Å². The SMILES string of the molecule is CCCCC/C=C/C/C=C/C/C=C/C/C=C/C/C=C/CCC(=O)O[C@H](COC(=O)CCCCCCCCCCCC)COP(=O)(O)OCC[N+](C)(C)C. The van der Waals surface area contributed by atoms with Crippen molar-refractivity contribution < 1.29 is 42.1 Å². The largest absolute Gasteiger partial charge is 0.472 e. The third-order valence-electron chi connectivity index (χ3n) is 8.31. The molecule has 0 aliphatic heterocycles. The molecular weight excluding hydrogens is 689 g/mol. The number of phosphoric ester groups is 1. The van der Waals surface area contributed by atoms with Gasteiger partial charge in [0.15, 0.2) is 6.10 Å². The molecule has 0 amide bonds. The van der Waals surface area contributed by atoms with Crippen LogP contribution in [-0.4, -0.2) is 74.9 Å². The number of hydrogen-bond donors (Lipinski definition) is 1. The number of allylic oxidation sites excluding steroid dienone is 10. The minimum atomic E-state index is -4.39. The molecule has 0 aromatic carbocycles. The smallest absolute Gasteiger partial charge is 0.462 e. The van der Waals surface area contributed by atoms with E-state index in [0.717, 1.165) is 44.9 Å². The second-order valence-corrected chi connectivity index (χ2v) is 16.1. The number of unbranched alkanes of at least 4 members (excludes halogenated alkanes) is 12. The number of likely N-dealkylation sites (N-methyl/N-ethyl adjacent to an activating group) is 1. The van der Waals surface area contributed by atoms with Gasteiger partial charge in [-0.3, -0.25) is 18.6 Å². The summed E-state index contributed by atoms with van der Waals surface area (Å²) in [6.07, 6.45) is 41.4. The van der Waals surface area contributed by atoms with Gasteiger partial charge in [0.1, 0.15) is 19.8 Å². The molecule has 1 unspecified atom stereocenters. The number of phosphoric acid groups is 1. The van der Waals surface area contributed by atoms with Gasteiger partial charge in [0.25, 0.3) is 0 Å². The van der Waals surface area contributed by atoms with Gasteiger partial charge in [-0.05, 0) is 51.4 Å². The van der Waals surface area contributed by atoms with Crippen molar-refractivity contribution in [3.8, 4) is 0 Å². The Balaban J connectivity index is 4.53. The summed E-state index contributed by atoms with van der Waals surface area (Å²) in [6.45, 7) is 4.27. The highest BCUT2D eigenvalue weighted by Gasteiger charge is 2.27. The van der Waals surface area contributed by atoms with Gasteiger partial charge in [0, 0.05) is 12.8 Å². The number of rotatable bonds is 36. The number of nitrogens with zero attached hydrogens (tertiary/aromatic N) is 1. The van der Waals surface area contributed by atoms with Crippen LogP contribution in [0, 0.1) is 0 Å². The highest BCUT2D eigenvalue weighted by Crippen LogP contribution is 2.43. The lowest BCUT2D eigenvalue weighted by atomic mass is 10.1. The fourth-order valence-corrected chi connectivity index (χ4v) is 5.80. The number of quaternary nitrogens is 1. The predicted molar refractivity (Wildman–Crippen MR) is 219 cm³/mol. The molecule has 0 saturated carbocycles. The second kappa shape index (κ2) is 35.4. The first-order valence-corrected chi connectivity index (χ1v) is 22.0. The van der Waals surface area contributed by atoms with Crippen LogP contribution in [0.3, 0.4) is 0 Å². The van der Waals surface area contributed by atoms with E-state index in [1.807, 2.05) is 33.3 Å². The van der Waals surface area contributed by atoms with E-state index in [-0.39, 0.29) is 26.1 Å². The van der Waals surface area contributed by atoms with E-state index in [2.05, 4.69) is 62.5 Å². The molecule has 0 fully saturated rings. The van der Waals surface area contributed by atoms with Crippen LogP contribution in [0.1, 0.15) is 149 Å². The van der Waals surface area contributed by atoms with Gasteiger partial charge in [-0.1, -0.05) is 145 Å². The first kappa shape index (κ1) is 50.7. The van der Waals surface area contributed by atoms with Crippen LogP contribution in [0.5, 0.6) is 0 Å². The lowest BCUT2D eigenvalue weighted by molar-refractivity contribution is -0.870. The molecule has 0 aliphatic carbocycles. The highest BCUT2D eigenvalue weighted by molar-refractivity contribution is 7.47. The molecule has 0 bridgehead atoms. The van der Waals surface area contributed by atoms with Gasteiger partial charge in [0.05, 0.1) is 27.7 Å². The van der Waals surface area contributed by atoms with Crippen molar-refractivity contribution in [1.29, 1.82) is 0 Å². The Labute approximate surface area is 324 Å². The number of hydrogen-bond acceptors (Lipinski definition) is 7. The Kier molecular flexibility index (Phi) is 33.9. The zero-order chi connectivity index (χ0) is 39.3. The van der Waals surface area contributed by atoms with E-state index in [1.54, 1.807) is 0 Å². The predicted octanol–water partition coefficient (Wildman–Crippen LogP) is 11.3. The second-order valence-electron chi connectivity index (χ2n) is 14.7. The zero-order valence-electron chi connectivity index (χ0n) is 34.2. The van der Waals surface area contributed by atoms with Gasteiger partial charge in [-0.15, -0.1) is 0 Å². The average molecular weight is 767 g/mol. The van der Waals surface area contributed by atoms with Gasteiger partial charge >= 0.3 is 19.8 Å². The van der Waals surface area contributed by atoms with Crippen molar-refractivity contribution in [2.24, 2.45) is 0 Å². The minimum Gasteiger partial charge on any atom is -0.462 e. The molecule has 9 nitrogen and oxygen atoms in total. The van der Waals surface area contributed by atoms with Crippen molar-refractivity contribution in [3.63, 3.8) is 0 Å². The molecule has 2 atom stereocenters. The van der Waals surface area contributed by atoms with Crippen LogP contribution in [0.25, 0.3) is 0 Å². The van der Waals surface area contributed by atoms with Crippen LogP contribution in [0.15, 0.2) is 60.8 Å².